The highest BCUT2D eigenvalue weighted by atomic mass is 32.2. The number of carbonyl (C=O) groups is 1. The molecule has 154 valence electrons. The molecule has 0 unspecified atom stereocenters. The van der Waals surface area contributed by atoms with Crippen LogP contribution in [0.3, 0.4) is 0 Å². The number of benzene rings is 2. The summed E-state index contributed by atoms with van der Waals surface area (Å²) in [5.41, 5.74) is 0.281. The molecule has 0 spiro atoms. The molecule has 0 saturated carbocycles. The van der Waals surface area contributed by atoms with Crippen molar-refractivity contribution in [2.45, 2.75) is 17.7 Å². The number of rotatable bonds is 6. The van der Waals surface area contributed by atoms with Crippen LogP contribution in [-0.4, -0.2) is 43.8 Å². The van der Waals surface area contributed by atoms with Gasteiger partial charge < -0.3 is 10.1 Å². The van der Waals surface area contributed by atoms with Crippen molar-refractivity contribution >= 4 is 27.3 Å². The molecule has 0 bridgehead atoms. The number of amides is 1. The molecule has 1 aliphatic heterocycles. The van der Waals surface area contributed by atoms with Crippen LogP contribution in [0.25, 0.3) is 0 Å². The number of sulfonamides is 1. The van der Waals surface area contributed by atoms with Gasteiger partial charge in [0.15, 0.2) is 5.75 Å². The molecule has 0 radical (unpaired) electrons. The summed E-state index contributed by atoms with van der Waals surface area (Å²) in [6.45, 7) is 0.323. The van der Waals surface area contributed by atoms with Crippen LogP contribution in [0.4, 0.5) is 11.4 Å². The SMILES string of the molecule is COc1ccc(S(=O)(=O)N2CCC(C(=O)Nc3ccccc3)CC2)cc1[N+](=O)[O-]. The Bertz CT molecular complexity index is 1000. The fraction of sp³-hybridized carbons (Fsp3) is 0.316. The first-order valence-electron chi connectivity index (χ1n) is 9.01. The topological polar surface area (TPSA) is 119 Å². The second-order valence-electron chi connectivity index (χ2n) is 6.62. The number of piperidine rings is 1. The van der Waals surface area contributed by atoms with Crippen LogP contribution in [0.2, 0.25) is 0 Å². The van der Waals surface area contributed by atoms with Gasteiger partial charge in [-0.15, -0.1) is 0 Å². The Labute approximate surface area is 168 Å². The minimum Gasteiger partial charge on any atom is -0.490 e. The molecule has 1 aliphatic rings. The lowest BCUT2D eigenvalue weighted by molar-refractivity contribution is -0.386. The lowest BCUT2D eigenvalue weighted by atomic mass is 9.97. The van der Waals surface area contributed by atoms with E-state index in [1.165, 1.54) is 23.5 Å². The molecule has 0 aliphatic carbocycles. The highest BCUT2D eigenvalue weighted by molar-refractivity contribution is 7.89. The third-order valence-corrected chi connectivity index (χ3v) is 6.75. The highest BCUT2D eigenvalue weighted by Gasteiger charge is 2.33. The minimum atomic E-state index is -3.91. The minimum absolute atomic E-state index is 0.00904. The maximum atomic E-state index is 12.9. The molecule has 2 aromatic carbocycles. The molecular formula is C19H21N3O6S. The van der Waals surface area contributed by atoms with Gasteiger partial charge in [0.2, 0.25) is 15.9 Å². The molecule has 29 heavy (non-hydrogen) atoms. The van der Waals surface area contributed by atoms with Crippen LogP contribution < -0.4 is 10.1 Å². The van der Waals surface area contributed by atoms with Crippen LogP contribution in [-0.2, 0) is 14.8 Å². The normalized spacial score (nSPS) is 15.6. The van der Waals surface area contributed by atoms with Crippen LogP contribution >= 0.6 is 0 Å². The van der Waals surface area contributed by atoms with Gasteiger partial charge in [0, 0.05) is 30.8 Å². The number of hydrogen-bond donors (Lipinski definition) is 1. The Morgan fingerprint density at radius 2 is 1.83 bits per heavy atom. The molecule has 1 saturated heterocycles. The highest BCUT2D eigenvalue weighted by Crippen LogP contribution is 2.32. The Hall–Kier alpha value is -2.98. The second-order valence-corrected chi connectivity index (χ2v) is 8.56. The Balaban J connectivity index is 1.69. The summed E-state index contributed by atoms with van der Waals surface area (Å²) in [5.74, 6) is -0.453. The Morgan fingerprint density at radius 1 is 1.17 bits per heavy atom. The van der Waals surface area contributed by atoms with Gasteiger partial charge in [0.1, 0.15) is 0 Å². The number of ether oxygens (including phenoxy) is 1. The van der Waals surface area contributed by atoms with E-state index in [1.807, 2.05) is 18.2 Å². The van der Waals surface area contributed by atoms with Gasteiger partial charge in [-0.3, -0.25) is 14.9 Å². The number of nitro groups is 1. The van der Waals surface area contributed by atoms with Crippen molar-refractivity contribution in [1.29, 1.82) is 0 Å². The van der Waals surface area contributed by atoms with Gasteiger partial charge in [-0.1, -0.05) is 18.2 Å². The van der Waals surface area contributed by atoms with Crippen LogP contribution in [0.1, 0.15) is 12.8 Å². The fourth-order valence-electron chi connectivity index (χ4n) is 3.25. The summed E-state index contributed by atoms with van der Waals surface area (Å²) in [4.78, 5) is 22.7. The number of nitrogens with one attached hydrogen (secondary N) is 1. The second kappa shape index (κ2) is 8.58. The van der Waals surface area contributed by atoms with Crippen molar-refractivity contribution in [1.82, 2.24) is 4.31 Å². The quantitative estimate of drug-likeness (QED) is 0.568. The van der Waals surface area contributed by atoms with Crippen molar-refractivity contribution in [3.63, 3.8) is 0 Å². The molecule has 10 heteroatoms. The maximum Gasteiger partial charge on any atom is 0.312 e. The molecule has 1 fully saturated rings. The number of carbonyl (C=O) groups excluding carboxylic acids is 1. The van der Waals surface area contributed by atoms with Crippen molar-refractivity contribution < 1.29 is 22.9 Å². The predicted octanol–water partition coefficient (Wildman–Crippen LogP) is 2.64. The average molecular weight is 419 g/mol. The summed E-state index contributed by atoms with van der Waals surface area (Å²) in [6.07, 6.45) is 0.742. The number of nitro benzene ring substituents is 1. The lowest BCUT2D eigenvalue weighted by Crippen LogP contribution is -2.41. The molecule has 0 aromatic heterocycles. The number of anilines is 1. The van der Waals surface area contributed by atoms with E-state index < -0.39 is 20.6 Å². The molecule has 3 rings (SSSR count). The maximum absolute atomic E-state index is 12.9. The zero-order chi connectivity index (χ0) is 21.0. The third-order valence-electron chi connectivity index (χ3n) is 4.85. The third kappa shape index (κ3) is 4.54. The van der Waals surface area contributed by atoms with E-state index in [9.17, 15) is 23.3 Å². The van der Waals surface area contributed by atoms with Gasteiger partial charge in [-0.2, -0.15) is 4.31 Å². The Kier molecular flexibility index (Phi) is 6.14. The number of nitrogens with zero attached hydrogens (tertiary/aromatic N) is 2. The van der Waals surface area contributed by atoms with Gasteiger partial charge >= 0.3 is 5.69 Å². The molecule has 1 N–H and O–H groups in total. The van der Waals surface area contributed by atoms with E-state index in [-0.39, 0.29) is 35.6 Å². The van der Waals surface area contributed by atoms with Gasteiger partial charge in [0.25, 0.3) is 0 Å². The first-order valence-corrected chi connectivity index (χ1v) is 10.5. The van der Waals surface area contributed by atoms with Crippen molar-refractivity contribution in [2.75, 3.05) is 25.5 Å². The largest absolute Gasteiger partial charge is 0.490 e. The number of methoxy groups -OCH3 is 1. The zero-order valence-corrected chi connectivity index (χ0v) is 16.6. The first-order chi connectivity index (χ1) is 13.8. The van der Waals surface area contributed by atoms with E-state index >= 15 is 0 Å². The lowest BCUT2D eigenvalue weighted by Gasteiger charge is -2.30. The van der Waals surface area contributed by atoms with E-state index in [4.69, 9.17) is 4.74 Å². The van der Waals surface area contributed by atoms with Crippen molar-refractivity contribution in [3.05, 3.63) is 58.6 Å². The van der Waals surface area contributed by atoms with Crippen LogP contribution in [0.15, 0.2) is 53.4 Å². The van der Waals surface area contributed by atoms with E-state index in [0.717, 1.165) is 6.07 Å². The molecule has 1 heterocycles. The predicted molar refractivity (Wildman–Crippen MR) is 106 cm³/mol. The van der Waals surface area contributed by atoms with Gasteiger partial charge in [0.05, 0.1) is 16.9 Å². The van der Waals surface area contributed by atoms with Crippen LogP contribution in [0.5, 0.6) is 5.75 Å². The average Bonchev–Trinajstić information content (AvgIpc) is 2.74. The van der Waals surface area contributed by atoms with Gasteiger partial charge in [-0.25, -0.2) is 8.42 Å². The van der Waals surface area contributed by atoms with Gasteiger partial charge in [-0.05, 0) is 37.1 Å². The Morgan fingerprint density at radius 3 is 2.41 bits per heavy atom. The molecule has 2 aromatic rings. The smallest absolute Gasteiger partial charge is 0.312 e. The summed E-state index contributed by atoms with van der Waals surface area (Å²) >= 11 is 0. The summed E-state index contributed by atoms with van der Waals surface area (Å²) in [5, 5.41) is 14.0. The van der Waals surface area contributed by atoms with E-state index in [1.54, 1.807) is 12.1 Å². The van der Waals surface area contributed by atoms with E-state index in [0.29, 0.717) is 18.5 Å². The molecular weight excluding hydrogens is 398 g/mol. The monoisotopic (exact) mass is 419 g/mol. The standard InChI is InChI=1S/C19H21N3O6S/c1-28-18-8-7-16(13-17(18)22(24)25)29(26,27)21-11-9-14(10-12-21)19(23)20-15-5-3-2-4-6-15/h2-8,13-14H,9-12H2,1H3,(H,20,23). The first kappa shape index (κ1) is 20.7. The zero-order valence-electron chi connectivity index (χ0n) is 15.8. The number of hydrogen-bond acceptors (Lipinski definition) is 6. The van der Waals surface area contributed by atoms with E-state index in [2.05, 4.69) is 5.32 Å². The summed E-state index contributed by atoms with van der Waals surface area (Å²) < 4.78 is 32.0. The fourth-order valence-corrected chi connectivity index (χ4v) is 4.74. The molecule has 1 amide bonds. The summed E-state index contributed by atoms with van der Waals surface area (Å²) in [6, 6.07) is 12.6. The number of para-hydroxylation sites is 1. The van der Waals surface area contributed by atoms with Crippen LogP contribution in [0, 0.1) is 16.0 Å². The molecule has 0 atom stereocenters. The van der Waals surface area contributed by atoms with Crippen molar-refractivity contribution in [2.24, 2.45) is 5.92 Å². The molecule has 9 nitrogen and oxygen atoms in total. The summed E-state index contributed by atoms with van der Waals surface area (Å²) in [7, 11) is -2.63. The van der Waals surface area contributed by atoms with Crippen molar-refractivity contribution in [3.8, 4) is 5.75 Å².